The highest BCUT2D eigenvalue weighted by Gasteiger charge is 2.19. The average Bonchev–Trinajstić information content (AvgIpc) is 2.86. The zero-order valence-corrected chi connectivity index (χ0v) is 20.0. The Morgan fingerprint density at radius 3 is 2.54 bits per heavy atom. The van der Waals surface area contributed by atoms with E-state index in [0.29, 0.717) is 28.8 Å². The van der Waals surface area contributed by atoms with Gasteiger partial charge in [-0.1, -0.05) is 19.6 Å². The second-order valence-electron chi connectivity index (χ2n) is 8.34. The van der Waals surface area contributed by atoms with Gasteiger partial charge in [-0.25, -0.2) is 9.37 Å². The van der Waals surface area contributed by atoms with Gasteiger partial charge in [0.2, 0.25) is 11.9 Å². The molecule has 0 spiro atoms. The quantitative estimate of drug-likeness (QED) is 0.408. The molecule has 8 nitrogen and oxygen atoms in total. The number of likely N-dealkylation sites (N-methyl/N-ethyl adjacent to an activating group) is 1. The van der Waals surface area contributed by atoms with Crippen molar-refractivity contribution < 1.29 is 9.18 Å². The van der Waals surface area contributed by atoms with Crippen LogP contribution < -0.4 is 20.9 Å². The summed E-state index contributed by atoms with van der Waals surface area (Å²) in [5, 5.41) is 9.07. The molecule has 1 aliphatic heterocycles. The van der Waals surface area contributed by atoms with Gasteiger partial charge in [-0.05, 0) is 55.9 Å². The van der Waals surface area contributed by atoms with Gasteiger partial charge in [0.25, 0.3) is 0 Å². The summed E-state index contributed by atoms with van der Waals surface area (Å²) in [4.78, 5) is 24.9. The fourth-order valence-electron chi connectivity index (χ4n) is 3.91. The number of nitrogens with one attached hydrogen (secondary N) is 3. The molecule has 1 saturated heterocycles. The highest BCUT2D eigenvalue weighted by atomic mass is 19.1. The van der Waals surface area contributed by atoms with E-state index in [-0.39, 0.29) is 11.7 Å². The van der Waals surface area contributed by atoms with Gasteiger partial charge in [0.1, 0.15) is 11.6 Å². The Morgan fingerprint density at radius 1 is 1.09 bits per heavy atom. The molecule has 182 valence electrons. The number of nitrogens with zero attached hydrogens (tertiary/aromatic N) is 4. The number of carbonyl (C=O) groups is 1. The summed E-state index contributed by atoms with van der Waals surface area (Å²) in [7, 11) is 0. The number of amides is 1. The molecule has 1 amide bonds. The number of rotatable bonds is 8. The molecule has 9 heteroatoms. The Hall–Kier alpha value is -3.98. The first kappa shape index (κ1) is 24.2. The largest absolute Gasteiger partial charge is 0.367 e. The molecule has 0 radical (unpaired) electrons. The molecule has 1 aliphatic rings. The van der Waals surface area contributed by atoms with Crippen molar-refractivity contribution in [3.8, 4) is 0 Å². The van der Waals surface area contributed by atoms with Crippen LogP contribution in [0.3, 0.4) is 0 Å². The van der Waals surface area contributed by atoms with Gasteiger partial charge in [0.15, 0.2) is 0 Å². The average molecular weight is 476 g/mol. The maximum atomic E-state index is 14.9. The number of halogens is 1. The molecule has 0 unspecified atom stereocenters. The number of benzene rings is 2. The van der Waals surface area contributed by atoms with Gasteiger partial charge in [0, 0.05) is 55.0 Å². The fraction of sp³-hybridized carbons (Fsp3) is 0.269. The maximum Gasteiger partial charge on any atom is 0.247 e. The van der Waals surface area contributed by atoms with Crippen LogP contribution >= 0.6 is 0 Å². The van der Waals surface area contributed by atoms with Crippen molar-refractivity contribution in [3.05, 3.63) is 72.7 Å². The highest BCUT2D eigenvalue weighted by Crippen LogP contribution is 2.27. The molecule has 1 aromatic heterocycles. The van der Waals surface area contributed by atoms with Crippen LogP contribution in [0.1, 0.15) is 12.5 Å². The molecular formula is C26H30FN7O. The summed E-state index contributed by atoms with van der Waals surface area (Å²) in [5.74, 6) is 0.385. The van der Waals surface area contributed by atoms with Crippen LogP contribution in [0, 0.1) is 12.7 Å². The van der Waals surface area contributed by atoms with Crippen LogP contribution in [0.4, 0.5) is 38.9 Å². The van der Waals surface area contributed by atoms with Crippen molar-refractivity contribution in [1.82, 2.24) is 14.9 Å². The summed E-state index contributed by atoms with van der Waals surface area (Å²) < 4.78 is 14.9. The van der Waals surface area contributed by atoms with Crippen LogP contribution in [-0.4, -0.2) is 53.5 Å². The van der Waals surface area contributed by atoms with Crippen molar-refractivity contribution >= 4 is 40.4 Å². The lowest BCUT2D eigenvalue weighted by atomic mass is 10.2. The second-order valence-corrected chi connectivity index (χ2v) is 8.34. The standard InChI is InChI=1S/C26H30FN7O/c1-4-24(35)29-19-7-6-8-20(15-19)30-25-18(3)17-28-26(32-25)31-21-9-10-23(22(27)16-21)34-13-11-33(5-2)12-14-34/h4,6-10,15-17H,1,5,11-14H2,2-3H3,(H,29,35)(H2,28,30,31,32). The summed E-state index contributed by atoms with van der Waals surface area (Å²) in [5.41, 5.74) is 3.41. The molecule has 0 bridgehead atoms. The zero-order chi connectivity index (χ0) is 24.8. The number of hydrogen-bond donors (Lipinski definition) is 3. The molecule has 3 N–H and O–H groups in total. The Kier molecular flexibility index (Phi) is 7.57. The summed E-state index contributed by atoms with van der Waals surface area (Å²) >= 11 is 0. The normalized spacial score (nSPS) is 13.9. The Bertz CT molecular complexity index is 1210. The minimum absolute atomic E-state index is 0.274. The number of anilines is 6. The van der Waals surface area contributed by atoms with E-state index in [9.17, 15) is 9.18 Å². The first-order valence-electron chi connectivity index (χ1n) is 11.6. The zero-order valence-electron chi connectivity index (χ0n) is 20.0. The van der Waals surface area contributed by atoms with E-state index in [2.05, 4.69) is 49.2 Å². The van der Waals surface area contributed by atoms with Gasteiger partial charge >= 0.3 is 0 Å². The highest BCUT2D eigenvalue weighted by molar-refractivity contribution is 5.99. The summed E-state index contributed by atoms with van der Waals surface area (Å²) in [6.45, 7) is 12.0. The van der Waals surface area contributed by atoms with Crippen LogP contribution in [0.25, 0.3) is 0 Å². The maximum absolute atomic E-state index is 14.9. The lowest BCUT2D eigenvalue weighted by molar-refractivity contribution is -0.111. The molecule has 0 saturated carbocycles. The summed E-state index contributed by atoms with van der Waals surface area (Å²) in [6.07, 6.45) is 2.91. The van der Waals surface area contributed by atoms with Crippen LogP contribution in [-0.2, 0) is 4.79 Å². The van der Waals surface area contributed by atoms with E-state index < -0.39 is 0 Å². The van der Waals surface area contributed by atoms with E-state index in [0.717, 1.165) is 44.0 Å². The minimum atomic E-state index is -0.284. The van der Waals surface area contributed by atoms with Crippen LogP contribution in [0.2, 0.25) is 0 Å². The third-order valence-corrected chi connectivity index (χ3v) is 5.91. The van der Waals surface area contributed by atoms with Crippen molar-refractivity contribution in [2.75, 3.05) is 53.6 Å². The minimum Gasteiger partial charge on any atom is -0.367 e. The van der Waals surface area contributed by atoms with Gasteiger partial charge in [-0.2, -0.15) is 4.98 Å². The predicted molar refractivity (Wildman–Crippen MR) is 139 cm³/mol. The molecule has 2 aromatic carbocycles. The third kappa shape index (κ3) is 6.13. The third-order valence-electron chi connectivity index (χ3n) is 5.91. The van der Waals surface area contributed by atoms with E-state index in [1.165, 1.54) is 12.1 Å². The second kappa shape index (κ2) is 11.0. The number of aromatic nitrogens is 2. The SMILES string of the molecule is C=CC(=O)Nc1cccc(Nc2nc(Nc3ccc(N4CCN(CC)CC4)c(F)c3)ncc2C)c1. The fourth-order valence-corrected chi connectivity index (χ4v) is 3.91. The molecular weight excluding hydrogens is 445 g/mol. The van der Waals surface area contributed by atoms with Crippen molar-refractivity contribution in [2.24, 2.45) is 0 Å². The smallest absolute Gasteiger partial charge is 0.247 e. The lowest BCUT2D eigenvalue weighted by Crippen LogP contribution is -2.46. The van der Waals surface area contributed by atoms with E-state index >= 15 is 0 Å². The number of aryl methyl sites for hydroxylation is 1. The number of hydrogen-bond acceptors (Lipinski definition) is 7. The monoisotopic (exact) mass is 475 g/mol. The Balaban J connectivity index is 1.46. The molecule has 1 fully saturated rings. The van der Waals surface area contributed by atoms with Gasteiger partial charge < -0.3 is 25.8 Å². The Morgan fingerprint density at radius 2 is 1.83 bits per heavy atom. The van der Waals surface area contributed by atoms with Gasteiger partial charge in [-0.15, -0.1) is 0 Å². The van der Waals surface area contributed by atoms with Crippen molar-refractivity contribution in [1.29, 1.82) is 0 Å². The number of carbonyl (C=O) groups excluding carboxylic acids is 1. The predicted octanol–water partition coefficient (Wildman–Crippen LogP) is 4.68. The topological polar surface area (TPSA) is 85.4 Å². The van der Waals surface area contributed by atoms with Gasteiger partial charge in [-0.3, -0.25) is 4.79 Å². The molecule has 3 aromatic rings. The van der Waals surface area contributed by atoms with Crippen molar-refractivity contribution in [3.63, 3.8) is 0 Å². The van der Waals surface area contributed by atoms with Crippen LogP contribution in [0.5, 0.6) is 0 Å². The van der Waals surface area contributed by atoms with E-state index in [1.54, 1.807) is 24.4 Å². The van der Waals surface area contributed by atoms with Crippen molar-refractivity contribution in [2.45, 2.75) is 13.8 Å². The van der Waals surface area contributed by atoms with E-state index in [1.807, 2.05) is 25.1 Å². The molecule has 0 atom stereocenters. The molecule has 2 heterocycles. The first-order chi connectivity index (χ1) is 16.9. The molecule has 4 rings (SSSR count). The van der Waals surface area contributed by atoms with E-state index in [4.69, 9.17) is 0 Å². The number of piperazine rings is 1. The lowest BCUT2D eigenvalue weighted by Gasteiger charge is -2.35. The molecule has 35 heavy (non-hydrogen) atoms. The summed E-state index contributed by atoms with van der Waals surface area (Å²) in [6, 6.07) is 12.4. The first-order valence-corrected chi connectivity index (χ1v) is 11.6. The van der Waals surface area contributed by atoms with Crippen LogP contribution in [0.15, 0.2) is 61.3 Å². The Labute approximate surface area is 204 Å². The molecule has 0 aliphatic carbocycles. The van der Waals surface area contributed by atoms with Gasteiger partial charge in [0.05, 0.1) is 5.69 Å².